The van der Waals surface area contributed by atoms with Crippen LogP contribution in [-0.2, 0) is 20.0 Å². The van der Waals surface area contributed by atoms with E-state index < -0.39 is 0 Å². The minimum atomic E-state index is 0.775. The fourth-order valence-electron chi connectivity index (χ4n) is 5.23. The number of hydrogen-bond donors (Lipinski definition) is 0. The van der Waals surface area contributed by atoms with Crippen LogP contribution in [0.25, 0.3) is 11.0 Å². The first-order chi connectivity index (χ1) is 17.6. The summed E-state index contributed by atoms with van der Waals surface area (Å²) in [5.74, 6) is 2.62. The second-order valence-electron chi connectivity index (χ2n) is 9.28. The van der Waals surface area contributed by atoms with E-state index in [-0.39, 0.29) is 0 Å². The maximum absolute atomic E-state index is 5.33. The average Bonchev–Trinajstić information content (AvgIpc) is 3.25. The van der Waals surface area contributed by atoms with Crippen LogP contribution in [0.3, 0.4) is 0 Å². The summed E-state index contributed by atoms with van der Waals surface area (Å²) in [7, 11) is 3.67. The van der Waals surface area contributed by atoms with Crippen molar-refractivity contribution in [3.8, 4) is 5.75 Å². The molecule has 0 unspecified atom stereocenters. The van der Waals surface area contributed by atoms with Gasteiger partial charge in [-0.05, 0) is 35.8 Å². The quantitative estimate of drug-likeness (QED) is 0.445. The Morgan fingerprint density at radius 3 is 2.42 bits per heavy atom. The van der Waals surface area contributed by atoms with Gasteiger partial charge in [0.15, 0.2) is 5.65 Å². The molecule has 1 aromatic carbocycles. The zero-order valence-electron chi connectivity index (χ0n) is 21.6. The van der Waals surface area contributed by atoms with Crippen LogP contribution in [0.2, 0.25) is 0 Å². The van der Waals surface area contributed by atoms with Crippen molar-refractivity contribution >= 4 is 22.8 Å². The number of ether oxygens (including phenoxy) is 1. The SMILES string of the molecule is C=C/C(CC)=C(\C=C)N1CCN(c2nc3c4c(nn(C)c4n2)CCN3Cc2ccc(OC)cc2)CC1. The lowest BCUT2D eigenvalue weighted by molar-refractivity contribution is 0.326. The summed E-state index contributed by atoms with van der Waals surface area (Å²) < 4.78 is 7.23. The Labute approximate surface area is 213 Å². The molecule has 2 aromatic heterocycles. The fourth-order valence-corrected chi connectivity index (χ4v) is 5.23. The smallest absolute Gasteiger partial charge is 0.229 e. The van der Waals surface area contributed by atoms with Crippen LogP contribution < -0.4 is 14.5 Å². The summed E-state index contributed by atoms with van der Waals surface area (Å²) in [6, 6.07) is 8.26. The van der Waals surface area contributed by atoms with Crippen LogP contribution in [0.5, 0.6) is 5.75 Å². The van der Waals surface area contributed by atoms with E-state index in [1.165, 1.54) is 16.8 Å². The highest BCUT2D eigenvalue weighted by atomic mass is 16.5. The second kappa shape index (κ2) is 10.0. The molecule has 188 valence electrons. The highest BCUT2D eigenvalue weighted by Gasteiger charge is 2.28. The maximum atomic E-state index is 5.33. The lowest BCUT2D eigenvalue weighted by Crippen LogP contribution is -2.46. The Morgan fingerprint density at radius 1 is 1.03 bits per heavy atom. The molecule has 8 nitrogen and oxygen atoms in total. The standard InChI is InChI=1S/C28H35N7O/c1-6-21(7-2)24(8-3)33-15-17-34(18-16-33)28-29-26-25-23(31-32(26)4)13-14-35(27(25)30-28)19-20-9-11-22(36-5)12-10-20/h6,8-12H,1,3,7,13-19H2,2,4-5H3/b24-21-. The number of hydrogen-bond acceptors (Lipinski definition) is 7. The van der Waals surface area contributed by atoms with Gasteiger partial charge in [0.05, 0.1) is 18.2 Å². The highest BCUT2D eigenvalue weighted by molar-refractivity contribution is 5.92. The number of aryl methyl sites for hydroxylation is 1. The number of aromatic nitrogens is 4. The summed E-state index contributed by atoms with van der Waals surface area (Å²) >= 11 is 0. The van der Waals surface area contributed by atoms with Gasteiger partial charge in [0.25, 0.3) is 0 Å². The highest BCUT2D eigenvalue weighted by Crippen LogP contribution is 2.34. The predicted octanol–water partition coefficient (Wildman–Crippen LogP) is 4.09. The van der Waals surface area contributed by atoms with Gasteiger partial charge in [0, 0.05) is 58.4 Å². The normalized spacial score (nSPS) is 16.2. The van der Waals surface area contributed by atoms with Crippen molar-refractivity contribution in [1.29, 1.82) is 0 Å². The third kappa shape index (κ3) is 4.32. The van der Waals surface area contributed by atoms with Crippen LogP contribution in [0, 0.1) is 0 Å². The van der Waals surface area contributed by atoms with Gasteiger partial charge < -0.3 is 19.4 Å². The molecule has 0 radical (unpaired) electrons. The van der Waals surface area contributed by atoms with Crippen LogP contribution >= 0.6 is 0 Å². The van der Waals surface area contributed by atoms with E-state index in [0.717, 1.165) is 86.4 Å². The number of methoxy groups -OCH3 is 1. The van der Waals surface area contributed by atoms with Gasteiger partial charge >= 0.3 is 0 Å². The minimum Gasteiger partial charge on any atom is -0.497 e. The van der Waals surface area contributed by atoms with Crippen molar-refractivity contribution < 1.29 is 4.74 Å². The van der Waals surface area contributed by atoms with Crippen LogP contribution in [0.4, 0.5) is 11.8 Å². The molecule has 0 amide bonds. The van der Waals surface area contributed by atoms with Crippen molar-refractivity contribution in [2.45, 2.75) is 26.3 Å². The monoisotopic (exact) mass is 485 g/mol. The summed E-state index contributed by atoms with van der Waals surface area (Å²) in [5, 5.41) is 5.85. The Morgan fingerprint density at radius 2 is 1.78 bits per heavy atom. The van der Waals surface area contributed by atoms with Crippen LogP contribution in [-0.4, -0.2) is 64.5 Å². The van der Waals surface area contributed by atoms with E-state index in [0.29, 0.717) is 0 Å². The third-order valence-corrected chi connectivity index (χ3v) is 7.23. The summed E-state index contributed by atoms with van der Waals surface area (Å²) in [4.78, 5) is 17.2. The molecular formula is C28H35N7O. The van der Waals surface area contributed by atoms with Gasteiger partial charge in [-0.15, -0.1) is 0 Å². The lowest BCUT2D eigenvalue weighted by Gasteiger charge is -2.38. The van der Waals surface area contributed by atoms with Gasteiger partial charge in [-0.25, -0.2) is 4.68 Å². The van der Waals surface area contributed by atoms with E-state index in [1.807, 2.05) is 36.0 Å². The molecule has 0 spiro atoms. The number of piperazine rings is 1. The molecule has 5 rings (SSSR count). The van der Waals surface area contributed by atoms with Crippen molar-refractivity contribution in [3.05, 3.63) is 72.1 Å². The van der Waals surface area contributed by atoms with Gasteiger partial charge in [-0.2, -0.15) is 15.1 Å². The third-order valence-electron chi connectivity index (χ3n) is 7.23. The Hall–Kier alpha value is -3.81. The van der Waals surface area contributed by atoms with Crippen LogP contribution in [0.15, 0.2) is 60.8 Å². The first-order valence-electron chi connectivity index (χ1n) is 12.7. The maximum Gasteiger partial charge on any atom is 0.229 e. The molecule has 0 N–H and O–H groups in total. The van der Waals surface area contributed by atoms with E-state index in [2.05, 4.69) is 46.9 Å². The number of rotatable bonds is 8. The molecule has 2 aliphatic heterocycles. The molecule has 0 aliphatic carbocycles. The predicted molar refractivity (Wildman–Crippen MR) is 146 cm³/mol. The Kier molecular flexibility index (Phi) is 6.67. The summed E-state index contributed by atoms with van der Waals surface area (Å²) in [5.41, 5.74) is 5.63. The van der Waals surface area contributed by atoms with Gasteiger partial charge in [-0.1, -0.05) is 38.3 Å². The molecule has 8 heteroatoms. The number of nitrogens with zero attached hydrogens (tertiary/aromatic N) is 7. The Balaban J connectivity index is 1.43. The van der Waals surface area contributed by atoms with E-state index in [9.17, 15) is 0 Å². The van der Waals surface area contributed by atoms with E-state index in [1.54, 1.807) is 7.11 Å². The molecule has 1 fully saturated rings. The molecule has 4 heterocycles. The van der Waals surface area contributed by atoms with Crippen molar-refractivity contribution in [2.24, 2.45) is 7.05 Å². The van der Waals surface area contributed by atoms with Crippen molar-refractivity contribution in [3.63, 3.8) is 0 Å². The second-order valence-corrected chi connectivity index (χ2v) is 9.28. The molecule has 0 saturated carbocycles. The lowest BCUT2D eigenvalue weighted by atomic mass is 10.1. The zero-order valence-corrected chi connectivity index (χ0v) is 21.6. The minimum absolute atomic E-state index is 0.775. The summed E-state index contributed by atoms with van der Waals surface area (Å²) in [6.45, 7) is 15.3. The van der Waals surface area contributed by atoms with Crippen molar-refractivity contribution in [2.75, 3.05) is 49.6 Å². The topological polar surface area (TPSA) is 62.6 Å². The molecular weight excluding hydrogens is 450 g/mol. The first-order valence-corrected chi connectivity index (χ1v) is 12.7. The fraction of sp³-hybridized carbons (Fsp3) is 0.393. The van der Waals surface area contributed by atoms with Crippen LogP contribution in [0.1, 0.15) is 24.6 Å². The first kappa shape index (κ1) is 23.9. The van der Waals surface area contributed by atoms with E-state index in [4.69, 9.17) is 19.8 Å². The average molecular weight is 486 g/mol. The molecule has 2 aliphatic rings. The molecule has 36 heavy (non-hydrogen) atoms. The van der Waals surface area contributed by atoms with Gasteiger partial charge in [-0.3, -0.25) is 0 Å². The van der Waals surface area contributed by atoms with Crippen molar-refractivity contribution in [1.82, 2.24) is 24.6 Å². The molecule has 0 bridgehead atoms. The Bertz CT molecular complexity index is 1300. The largest absolute Gasteiger partial charge is 0.497 e. The summed E-state index contributed by atoms with van der Waals surface area (Å²) in [6.07, 6.45) is 5.74. The number of anilines is 2. The molecule has 1 saturated heterocycles. The molecule has 0 atom stereocenters. The van der Waals surface area contributed by atoms with E-state index >= 15 is 0 Å². The number of allylic oxidation sites excluding steroid dienone is 3. The number of benzene rings is 1. The van der Waals surface area contributed by atoms with Gasteiger partial charge in [0.2, 0.25) is 5.95 Å². The van der Waals surface area contributed by atoms with Gasteiger partial charge in [0.1, 0.15) is 11.6 Å². The zero-order chi connectivity index (χ0) is 25.2. The molecule has 3 aromatic rings.